The van der Waals surface area contributed by atoms with Gasteiger partial charge >= 0.3 is 11.8 Å². The highest BCUT2D eigenvalue weighted by atomic mass is 32.2. The number of hydrogen-bond donors (Lipinski definition) is 2. The molecule has 146 valence electrons. The predicted molar refractivity (Wildman–Crippen MR) is 98.1 cm³/mol. The zero-order valence-electron chi connectivity index (χ0n) is 15.4. The van der Waals surface area contributed by atoms with Crippen molar-refractivity contribution in [1.82, 2.24) is 14.9 Å². The lowest BCUT2D eigenvalue weighted by Gasteiger charge is -2.18. The van der Waals surface area contributed by atoms with E-state index in [4.69, 9.17) is 4.74 Å². The van der Waals surface area contributed by atoms with Crippen LogP contribution in [0.1, 0.15) is 19.4 Å². The molecule has 0 radical (unpaired) electrons. The molecule has 0 saturated heterocycles. The van der Waals surface area contributed by atoms with E-state index in [9.17, 15) is 18.0 Å². The molecule has 2 amide bonds. The van der Waals surface area contributed by atoms with Gasteiger partial charge in [-0.3, -0.25) is 9.59 Å². The quantitative estimate of drug-likeness (QED) is 0.440. The average Bonchev–Trinajstić information content (AvgIpc) is 2.63. The molecule has 1 aromatic carbocycles. The van der Waals surface area contributed by atoms with Gasteiger partial charge in [0.25, 0.3) is 0 Å². The van der Waals surface area contributed by atoms with Crippen molar-refractivity contribution in [2.75, 3.05) is 39.9 Å². The van der Waals surface area contributed by atoms with Gasteiger partial charge in [0, 0.05) is 33.3 Å². The average molecular weight is 385 g/mol. The maximum absolute atomic E-state index is 12.4. The summed E-state index contributed by atoms with van der Waals surface area (Å²) in [5.41, 5.74) is 0.864. The number of rotatable bonds is 10. The Hall–Kier alpha value is -1.97. The largest absolute Gasteiger partial charge is 0.383 e. The van der Waals surface area contributed by atoms with Crippen LogP contribution in [0.3, 0.4) is 0 Å². The monoisotopic (exact) mass is 385 g/mol. The van der Waals surface area contributed by atoms with Gasteiger partial charge in [-0.15, -0.1) is 0 Å². The van der Waals surface area contributed by atoms with Crippen LogP contribution in [0.5, 0.6) is 0 Å². The van der Waals surface area contributed by atoms with Gasteiger partial charge in [0.1, 0.15) is 0 Å². The van der Waals surface area contributed by atoms with Crippen LogP contribution >= 0.6 is 0 Å². The summed E-state index contributed by atoms with van der Waals surface area (Å²) < 4.78 is 31.0. The number of amides is 2. The van der Waals surface area contributed by atoms with Crippen LogP contribution in [-0.2, 0) is 30.8 Å². The van der Waals surface area contributed by atoms with E-state index in [2.05, 4.69) is 10.6 Å². The number of methoxy groups -OCH3 is 1. The number of nitrogens with zero attached hydrogens (tertiary/aromatic N) is 1. The molecule has 2 N–H and O–H groups in total. The predicted octanol–water partition coefficient (Wildman–Crippen LogP) is 0.138. The number of sulfonamides is 1. The van der Waals surface area contributed by atoms with Crippen molar-refractivity contribution < 1.29 is 22.7 Å². The maximum Gasteiger partial charge on any atom is 0.309 e. The van der Waals surface area contributed by atoms with Crippen LogP contribution in [0.2, 0.25) is 0 Å². The molecule has 0 aliphatic heterocycles. The van der Waals surface area contributed by atoms with Gasteiger partial charge in [0.15, 0.2) is 0 Å². The second-order valence-corrected chi connectivity index (χ2v) is 7.43. The van der Waals surface area contributed by atoms with Gasteiger partial charge in [-0.25, -0.2) is 8.42 Å². The minimum Gasteiger partial charge on any atom is -0.383 e. The number of carbonyl (C=O) groups is 2. The topological polar surface area (TPSA) is 105 Å². The van der Waals surface area contributed by atoms with Gasteiger partial charge < -0.3 is 15.4 Å². The fraction of sp³-hybridized carbons (Fsp3) is 0.529. The molecule has 9 heteroatoms. The van der Waals surface area contributed by atoms with Crippen molar-refractivity contribution in [3.63, 3.8) is 0 Å². The first-order valence-corrected chi connectivity index (χ1v) is 9.94. The maximum atomic E-state index is 12.4. The van der Waals surface area contributed by atoms with E-state index in [1.165, 1.54) is 11.4 Å². The molecular weight excluding hydrogens is 358 g/mol. The van der Waals surface area contributed by atoms with Gasteiger partial charge in [-0.05, 0) is 24.1 Å². The van der Waals surface area contributed by atoms with E-state index in [-0.39, 0.29) is 18.0 Å². The molecule has 0 fully saturated rings. The fourth-order valence-electron chi connectivity index (χ4n) is 2.29. The zero-order valence-corrected chi connectivity index (χ0v) is 16.3. The van der Waals surface area contributed by atoms with Crippen molar-refractivity contribution in [3.8, 4) is 0 Å². The Kier molecular flexibility index (Phi) is 9.25. The van der Waals surface area contributed by atoms with E-state index in [1.807, 2.05) is 0 Å². The molecule has 8 nitrogen and oxygen atoms in total. The Morgan fingerprint density at radius 3 is 2.04 bits per heavy atom. The number of nitrogens with one attached hydrogen (secondary N) is 2. The van der Waals surface area contributed by atoms with Crippen LogP contribution in [0.15, 0.2) is 29.2 Å². The van der Waals surface area contributed by atoms with E-state index in [1.54, 1.807) is 38.1 Å². The van der Waals surface area contributed by atoms with Crippen molar-refractivity contribution in [1.29, 1.82) is 0 Å². The summed E-state index contributed by atoms with van der Waals surface area (Å²) in [5.74, 6) is -1.41. The molecule has 26 heavy (non-hydrogen) atoms. The summed E-state index contributed by atoms with van der Waals surface area (Å²) in [5, 5.41) is 4.95. The van der Waals surface area contributed by atoms with Crippen LogP contribution in [-0.4, -0.2) is 64.4 Å². The molecule has 0 spiro atoms. The van der Waals surface area contributed by atoms with E-state index in [0.717, 1.165) is 5.56 Å². The second-order valence-electron chi connectivity index (χ2n) is 5.49. The Balaban J connectivity index is 2.53. The number of carbonyl (C=O) groups excluding carboxylic acids is 2. The van der Waals surface area contributed by atoms with Gasteiger partial charge in [-0.1, -0.05) is 26.0 Å². The summed E-state index contributed by atoms with van der Waals surface area (Å²) in [6.45, 7) is 5.30. The first kappa shape index (κ1) is 22.1. The molecular formula is C17H27N3O5S. The molecule has 1 aromatic rings. The third kappa shape index (κ3) is 6.40. The third-order valence-corrected chi connectivity index (χ3v) is 5.83. The van der Waals surface area contributed by atoms with Crippen molar-refractivity contribution in [2.45, 2.75) is 25.2 Å². The fourth-order valence-corrected chi connectivity index (χ4v) is 3.75. The molecule has 1 rings (SSSR count). The zero-order chi connectivity index (χ0) is 19.6. The number of hydrogen-bond acceptors (Lipinski definition) is 5. The highest BCUT2D eigenvalue weighted by Crippen LogP contribution is 2.16. The van der Waals surface area contributed by atoms with Crippen LogP contribution in [0.25, 0.3) is 0 Å². The summed E-state index contributed by atoms with van der Waals surface area (Å²) in [4.78, 5) is 23.3. The van der Waals surface area contributed by atoms with Crippen molar-refractivity contribution in [2.24, 2.45) is 0 Å². The summed E-state index contributed by atoms with van der Waals surface area (Å²) in [6.07, 6.45) is 0.489. The van der Waals surface area contributed by atoms with Gasteiger partial charge in [-0.2, -0.15) is 4.31 Å². The number of benzene rings is 1. The molecule has 0 aromatic heterocycles. The van der Waals surface area contributed by atoms with Gasteiger partial charge in [0.2, 0.25) is 10.0 Å². The Labute approximate surface area is 155 Å². The van der Waals surface area contributed by atoms with E-state index in [0.29, 0.717) is 26.1 Å². The minimum atomic E-state index is -3.47. The normalized spacial score (nSPS) is 11.4. The smallest absolute Gasteiger partial charge is 0.309 e. The van der Waals surface area contributed by atoms with Crippen molar-refractivity contribution >= 4 is 21.8 Å². The third-order valence-electron chi connectivity index (χ3n) is 3.76. The second kappa shape index (κ2) is 10.9. The molecule has 0 bridgehead atoms. The van der Waals surface area contributed by atoms with Crippen molar-refractivity contribution in [3.05, 3.63) is 29.8 Å². The first-order chi connectivity index (χ1) is 12.4. The Bertz CT molecular complexity index is 685. The summed E-state index contributed by atoms with van der Waals surface area (Å²) >= 11 is 0. The van der Waals surface area contributed by atoms with Gasteiger partial charge in [0.05, 0.1) is 11.5 Å². The van der Waals surface area contributed by atoms with Crippen LogP contribution in [0.4, 0.5) is 0 Å². The molecule has 0 saturated carbocycles. The SMILES string of the molecule is CCN(CC)S(=O)(=O)c1ccc(CCNC(=O)C(=O)NCCOC)cc1. The molecule has 0 heterocycles. The lowest BCUT2D eigenvalue weighted by Crippen LogP contribution is -2.41. The first-order valence-electron chi connectivity index (χ1n) is 8.50. The lowest BCUT2D eigenvalue weighted by molar-refractivity contribution is -0.139. The lowest BCUT2D eigenvalue weighted by atomic mass is 10.1. The standard InChI is InChI=1S/C17H27N3O5S/c1-4-20(5-2)26(23,24)15-8-6-14(7-9-15)10-11-18-16(21)17(22)19-12-13-25-3/h6-9H,4-5,10-13H2,1-3H3,(H,18,21)(H,19,22). The number of ether oxygens (including phenoxy) is 1. The molecule has 0 unspecified atom stereocenters. The highest BCUT2D eigenvalue weighted by Gasteiger charge is 2.21. The summed E-state index contributed by atoms with van der Waals surface area (Å²) in [6, 6.07) is 6.53. The Morgan fingerprint density at radius 1 is 1.00 bits per heavy atom. The molecule has 0 aliphatic carbocycles. The highest BCUT2D eigenvalue weighted by molar-refractivity contribution is 7.89. The minimum absolute atomic E-state index is 0.242. The van der Waals surface area contributed by atoms with Crippen LogP contribution in [0, 0.1) is 0 Å². The Morgan fingerprint density at radius 2 is 1.54 bits per heavy atom. The summed E-state index contributed by atoms with van der Waals surface area (Å²) in [7, 11) is -1.97. The van der Waals surface area contributed by atoms with Crippen LogP contribution < -0.4 is 10.6 Å². The molecule has 0 aliphatic rings. The van der Waals surface area contributed by atoms with E-state index >= 15 is 0 Å². The molecule has 0 atom stereocenters. The van der Waals surface area contributed by atoms with E-state index < -0.39 is 21.8 Å².